The van der Waals surface area contributed by atoms with Gasteiger partial charge in [0, 0.05) is 18.8 Å². The molecule has 1 amide bonds. The first kappa shape index (κ1) is 20.9. The Morgan fingerprint density at radius 3 is 2.52 bits per heavy atom. The lowest BCUT2D eigenvalue weighted by atomic mass is 9.96. The zero-order valence-corrected chi connectivity index (χ0v) is 16.8. The van der Waals surface area contributed by atoms with Crippen molar-refractivity contribution < 1.29 is 18.1 Å². The first-order valence-electron chi connectivity index (χ1n) is 9.32. The second-order valence-corrected chi connectivity index (χ2v) is 9.04. The van der Waals surface area contributed by atoms with Gasteiger partial charge in [-0.2, -0.15) is 9.40 Å². The summed E-state index contributed by atoms with van der Waals surface area (Å²) in [6.45, 7) is -0.196. The molecule has 29 heavy (non-hydrogen) atoms. The second kappa shape index (κ2) is 8.70. The molecule has 1 aliphatic carbocycles. The summed E-state index contributed by atoms with van der Waals surface area (Å²) in [7, 11) is -1.98. The van der Waals surface area contributed by atoms with Gasteiger partial charge < -0.3 is 5.32 Å². The Morgan fingerprint density at radius 1 is 1.28 bits per heavy atom. The number of carbonyl (C=O) groups is 1. The monoisotopic (exact) mass is 421 g/mol. The average Bonchev–Trinajstić information content (AvgIpc) is 3.17. The lowest BCUT2D eigenvalue weighted by Gasteiger charge is -2.30. The Morgan fingerprint density at radius 2 is 1.93 bits per heavy atom. The molecule has 2 aromatic rings. The maximum atomic E-state index is 12.8. The number of rotatable bonds is 7. The van der Waals surface area contributed by atoms with Gasteiger partial charge in [-0.25, -0.2) is 8.42 Å². The van der Waals surface area contributed by atoms with Crippen molar-refractivity contribution >= 4 is 27.3 Å². The van der Waals surface area contributed by atoms with Crippen LogP contribution >= 0.6 is 0 Å². The van der Waals surface area contributed by atoms with Crippen molar-refractivity contribution in [1.82, 2.24) is 14.1 Å². The Balaban J connectivity index is 1.62. The molecule has 156 valence electrons. The van der Waals surface area contributed by atoms with Crippen LogP contribution in [0.2, 0.25) is 0 Å². The van der Waals surface area contributed by atoms with Gasteiger partial charge >= 0.3 is 5.69 Å². The molecular formula is C18H23N5O5S. The van der Waals surface area contributed by atoms with Crippen LogP contribution in [0.3, 0.4) is 0 Å². The van der Waals surface area contributed by atoms with Crippen LogP contribution in [0.5, 0.6) is 0 Å². The van der Waals surface area contributed by atoms with Gasteiger partial charge in [-0.3, -0.25) is 19.6 Å². The van der Waals surface area contributed by atoms with E-state index in [-0.39, 0.29) is 23.2 Å². The van der Waals surface area contributed by atoms with E-state index in [1.165, 1.54) is 28.6 Å². The van der Waals surface area contributed by atoms with E-state index in [0.29, 0.717) is 5.69 Å². The fourth-order valence-electron chi connectivity index (χ4n) is 3.40. The number of aromatic nitrogens is 2. The zero-order chi connectivity index (χ0) is 21.0. The Hall–Kier alpha value is -2.79. The van der Waals surface area contributed by atoms with Crippen LogP contribution in [0.25, 0.3) is 0 Å². The van der Waals surface area contributed by atoms with Crippen LogP contribution in [-0.4, -0.2) is 46.4 Å². The lowest BCUT2D eigenvalue weighted by molar-refractivity contribution is -0.385. The summed E-state index contributed by atoms with van der Waals surface area (Å²) in [4.78, 5) is 22.3. The van der Waals surface area contributed by atoms with Crippen molar-refractivity contribution in [3.63, 3.8) is 0 Å². The number of nitrogens with one attached hydrogen (secondary N) is 1. The van der Waals surface area contributed by atoms with Crippen molar-refractivity contribution in [2.45, 2.75) is 49.6 Å². The van der Waals surface area contributed by atoms with E-state index in [2.05, 4.69) is 10.4 Å². The van der Waals surface area contributed by atoms with Crippen LogP contribution in [0, 0.1) is 10.1 Å². The fourth-order valence-corrected chi connectivity index (χ4v) is 4.81. The van der Waals surface area contributed by atoms with Crippen LogP contribution in [-0.2, 0) is 21.4 Å². The Labute approximate surface area is 168 Å². The van der Waals surface area contributed by atoms with Gasteiger partial charge in [-0.1, -0.05) is 19.3 Å². The second-order valence-electron chi connectivity index (χ2n) is 7.04. The van der Waals surface area contributed by atoms with Crippen LogP contribution in [0.15, 0.2) is 41.6 Å². The highest BCUT2D eigenvalue weighted by atomic mass is 32.2. The largest absolute Gasteiger partial charge is 0.324 e. The maximum Gasteiger partial charge on any atom is 0.307 e. The van der Waals surface area contributed by atoms with E-state index < -0.39 is 20.9 Å². The van der Waals surface area contributed by atoms with Crippen molar-refractivity contribution in [2.24, 2.45) is 0 Å². The molecule has 0 radical (unpaired) electrons. The number of benzene rings is 1. The minimum atomic E-state index is -3.60. The Bertz CT molecular complexity index is 980. The SMILES string of the molecule is CN(C1CCCCC1)S(=O)(=O)c1ccc(NC(=O)Cn2cc([N+](=O)[O-])cn2)cc1. The standard InChI is InChI=1S/C18H23N5O5S/c1-21(15-5-3-2-4-6-15)29(27,28)17-9-7-14(8-10-17)20-18(24)13-22-12-16(11-19-22)23(25)26/h7-12,15H,2-6,13H2,1H3,(H,20,24). The molecular weight excluding hydrogens is 398 g/mol. The van der Waals surface area contributed by atoms with Gasteiger partial charge in [-0.05, 0) is 37.1 Å². The highest BCUT2D eigenvalue weighted by Gasteiger charge is 2.28. The number of amides is 1. The fraction of sp³-hybridized carbons (Fsp3) is 0.444. The summed E-state index contributed by atoms with van der Waals surface area (Å²) >= 11 is 0. The molecule has 1 fully saturated rings. The highest BCUT2D eigenvalue weighted by molar-refractivity contribution is 7.89. The van der Waals surface area contributed by atoms with E-state index in [0.717, 1.165) is 49.2 Å². The normalized spacial score (nSPS) is 15.4. The quantitative estimate of drug-likeness (QED) is 0.540. The minimum Gasteiger partial charge on any atom is -0.324 e. The molecule has 1 aromatic heterocycles. The molecule has 0 unspecified atom stereocenters. The number of hydrogen-bond acceptors (Lipinski definition) is 6. The highest BCUT2D eigenvalue weighted by Crippen LogP contribution is 2.27. The molecule has 1 heterocycles. The molecule has 1 saturated carbocycles. The number of nitro groups is 1. The van der Waals surface area contributed by atoms with Gasteiger partial charge in [0.2, 0.25) is 15.9 Å². The smallest absolute Gasteiger partial charge is 0.307 e. The van der Waals surface area contributed by atoms with E-state index in [1.807, 2.05) is 0 Å². The van der Waals surface area contributed by atoms with Gasteiger partial charge in [0.05, 0.1) is 9.82 Å². The molecule has 11 heteroatoms. The molecule has 0 spiro atoms. The number of sulfonamides is 1. The number of anilines is 1. The third-order valence-electron chi connectivity index (χ3n) is 5.04. The molecule has 1 aromatic carbocycles. The average molecular weight is 421 g/mol. The topological polar surface area (TPSA) is 127 Å². The molecule has 3 rings (SSSR count). The van der Waals surface area contributed by atoms with Crippen LogP contribution in [0.1, 0.15) is 32.1 Å². The van der Waals surface area contributed by atoms with E-state index in [4.69, 9.17) is 0 Å². The van der Waals surface area contributed by atoms with Gasteiger partial charge in [0.25, 0.3) is 0 Å². The predicted octanol–water partition coefficient (Wildman–Crippen LogP) is 2.38. The molecule has 1 aliphatic rings. The molecule has 0 aliphatic heterocycles. The summed E-state index contributed by atoms with van der Waals surface area (Å²) < 4.78 is 28.3. The number of nitrogens with zero attached hydrogens (tertiary/aromatic N) is 4. The van der Waals surface area contributed by atoms with Gasteiger partial charge in [0.15, 0.2) is 0 Å². The third-order valence-corrected chi connectivity index (χ3v) is 6.96. The zero-order valence-electron chi connectivity index (χ0n) is 16.0. The summed E-state index contributed by atoms with van der Waals surface area (Å²) in [6, 6.07) is 5.98. The lowest BCUT2D eigenvalue weighted by Crippen LogP contribution is -2.38. The Kier molecular flexibility index (Phi) is 6.28. The summed E-state index contributed by atoms with van der Waals surface area (Å²) in [5.41, 5.74) is 0.227. The van der Waals surface area contributed by atoms with Crippen LogP contribution in [0.4, 0.5) is 11.4 Å². The van der Waals surface area contributed by atoms with Crippen molar-refractivity contribution in [1.29, 1.82) is 0 Å². The number of carbonyl (C=O) groups excluding carboxylic acids is 1. The molecule has 0 saturated heterocycles. The first-order valence-corrected chi connectivity index (χ1v) is 10.8. The summed E-state index contributed by atoms with van der Waals surface area (Å²) in [6.07, 6.45) is 7.19. The van der Waals surface area contributed by atoms with Gasteiger partial charge in [0.1, 0.15) is 18.9 Å². The maximum absolute atomic E-state index is 12.8. The van der Waals surface area contributed by atoms with Crippen molar-refractivity contribution in [2.75, 3.05) is 12.4 Å². The van der Waals surface area contributed by atoms with E-state index >= 15 is 0 Å². The minimum absolute atomic E-state index is 0.0197. The first-order chi connectivity index (χ1) is 13.8. The van der Waals surface area contributed by atoms with Crippen molar-refractivity contribution in [3.8, 4) is 0 Å². The molecule has 0 atom stereocenters. The van der Waals surface area contributed by atoms with E-state index in [9.17, 15) is 23.3 Å². The third kappa shape index (κ3) is 4.98. The number of hydrogen-bond donors (Lipinski definition) is 1. The predicted molar refractivity (Wildman–Crippen MR) is 106 cm³/mol. The van der Waals surface area contributed by atoms with Gasteiger partial charge in [-0.15, -0.1) is 0 Å². The van der Waals surface area contributed by atoms with E-state index in [1.54, 1.807) is 7.05 Å². The summed E-state index contributed by atoms with van der Waals surface area (Å²) in [5.74, 6) is -0.432. The summed E-state index contributed by atoms with van der Waals surface area (Å²) in [5, 5.41) is 17.0. The molecule has 10 nitrogen and oxygen atoms in total. The van der Waals surface area contributed by atoms with Crippen LogP contribution < -0.4 is 5.32 Å². The van der Waals surface area contributed by atoms with Crippen molar-refractivity contribution in [3.05, 3.63) is 46.8 Å². The molecule has 0 bridgehead atoms. The molecule has 1 N–H and O–H groups in total.